The van der Waals surface area contributed by atoms with Crippen LogP contribution in [0.1, 0.15) is 33.1 Å². The second-order valence-electron chi connectivity index (χ2n) is 5.73. The van der Waals surface area contributed by atoms with Crippen molar-refractivity contribution in [3.8, 4) is 0 Å². The fraction of sp³-hybridized carbons (Fsp3) is 0.846. The van der Waals surface area contributed by atoms with E-state index in [9.17, 15) is 14.7 Å². The van der Waals surface area contributed by atoms with Crippen molar-refractivity contribution in [2.75, 3.05) is 19.6 Å². The maximum Gasteiger partial charge on any atom is 0.326 e. The molecule has 2 aliphatic heterocycles. The highest BCUT2D eigenvalue weighted by atomic mass is 16.4. The van der Waals surface area contributed by atoms with E-state index in [1.807, 2.05) is 0 Å². The third kappa shape index (κ3) is 2.00. The van der Waals surface area contributed by atoms with Gasteiger partial charge in [0.1, 0.15) is 6.04 Å². The van der Waals surface area contributed by atoms with Crippen molar-refractivity contribution in [2.24, 2.45) is 11.3 Å². The van der Waals surface area contributed by atoms with Gasteiger partial charge in [0, 0.05) is 13.1 Å². The molecule has 0 aliphatic carbocycles. The second-order valence-corrected chi connectivity index (χ2v) is 5.73. The van der Waals surface area contributed by atoms with E-state index < -0.39 is 17.4 Å². The van der Waals surface area contributed by atoms with Crippen molar-refractivity contribution in [3.05, 3.63) is 0 Å². The van der Waals surface area contributed by atoms with Crippen molar-refractivity contribution >= 4 is 11.9 Å². The molecule has 0 aromatic carbocycles. The van der Waals surface area contributed by atoms with E-state index in [0.717, 1.165) is 19.4 Å². The zero-order chi connectivity index (χ0) is 13.3. The largest absolute Gasteiger partial charge is 0.480 e. The minimum absolute atomic E-state index is 0.0346. The lowest BCUT2D eigenvalue weighted by Crippen LogP contribution is -2.51. The Kier molecular flexibility index (Phi) is 3.61. The van der Waals surface area contributed by atoms with Crippen LogP contribution in [-0.4, -0.2) is 47.6 Å². The zero-order valence-corrected chi connectivity index (χ0v) is 11.1. The fourth-order valence-corrected chi connectivity index (χ4v) is 3.19. The number of hydrogen-bond acceptors (Lipinski definition) is 3. The number of hydrogen-bond donors (Lipinski definition) is 2. The van der Waals surface area contributed by atoms with Crippen LogP contribution in [0.2, 0.25) is 0 Å². The van der Waals surface area contributed by atoms with Gasteiger partial charge >= 0.3 is 5.97 Å². The predicted octanol–water partition coefficient (Wildman–Crippen LogP) is 0.698. The van der Waals surface area contributed by atoms with Gasteiger partial charge in [-0.25, -0.2) is 4.79 Å². The number of carbonyl (C=O) groups is 2. The smallest absolute Gasteiger partial charge is 0.326 e. The molecule has 2 rings (SSSR count). The quantitative estimate of drug-likeness (QED) is 0.778. The molecule has 0 saturated carbocycles. The van der Waals surface area contributed by atoms with Crippen LogP contribution in [0.5, 0.6) is 0 Å². The summed E-state index contributed by atoms with van der Waals surface area (Å²) in [6.07, 6.45) is 2.19. The van der Waals surface area contributed by atoms with Crippen LogP contribution in [0, 0.1) is 11.3 Å². The van der Waals surface area contributed by atoms with E-state index in [-0.39, 0.29) is 11.8 Å². The second kappa shape index (κ2) is 4.88. The number of carbonyl (C=O) groups excluding carboxylic acids is 1. The average Bonchev–Trinajstić information content (AvgIpc) is 2.98. The maximum atomic E-state index is 12.7. The Bertz CT molecular complexity index is 348. The van der Waals surface area contributed by atoms with E-state index in [4.69, 9.17) is 0 Å². The molecule has 2 fully saturated rings. The summed E-state index contributed by atoms with van der Waals surface area (Å²) >= 11 is 0. The number of rotatable bonds is 3. The van der Waals surface area contributed by atoms with Gasteiger partial charge in [0.2, 0.25) is 5.91 Å². The van der Waals surface area contributed by atoms with Gasteiger partial charge in [0.15, 0.2) is 0 Å². The molecule has 2 aliphatic rings. The van der Waals surface area contributed by atoms with Gasteiger partial charge in [0.05, 0.1) is 5.41 Å². The molecule has 0 aromatic rings. The van der Waals surface area contributed by atoms with Gasteiger partial charge in [0.25, 0.3) is 0 Å². The summed E-state index contributed by atoms with van der Waals surface area (Å²) in [5.41, 5.74) is -0.405. The van der Waals surface area contributed by atoms with Crippen LogP contribution < -0.4 is 5.32 Å². The molecule has 0 spiro atoms. The molecular weight excluding hydrogens is 232 g/mol. The molecule has 0 aromatic heterocycles. The Morgan fingerprint density at radius 2 is 2.17 bits per heavy atom. The summed E-state index contributed by atoms with van der Waals surface area (Å²) < 4.78 is 0. The first-order valence-electron chi connectivity index (χ1n) is 6.73. The van der Waals surface area contributed by atoms with Crippen molar-refractivity contribution in [1.29, 1.82) is 0 Å². The first kappa shape index (κ1) is 13.3. The summed E-state index contributed by atoms with van der Waals surface area (Å²) in [7, 11) is 0. The number of carboxylic acids is 1. The topological polar surface area (TPSA) is 69.6 Å². The summed E-state index contributed by atoms with van der Waals surface area (Å²) in [5.74, 6) is -0.604. The van der Waals surface area contributed by atoms with Gasteiger partial charge in [-0.3, -0.25) is 4.79 Å². The van der Waals surface area contributed by atoms with Crippen molar-refractivity contribution in [3.63, 3.8) is 0 Å². The highest BCUT2D eigenvalue weighted by molar-refractivity contribution is 5.88. The Labute approximate surface area is 108 Å². The van der Waals surface area contributed by atoms with E-state index in [0.29, 0.717) is 19.5 Å². The first-order valence-corrected chi connectivity index (χ1v) is 6.73. The molecule has 2 N–H and O–H groups in total. The molecule has 18 heavy (non-hydrogen) atoms. The van der Waals surface area contributed by atoms with Crippen LogP contribution in [0.25, 0.3) is 0 Å². The van der Waals surface area contributed by atoms with Crippen molar-refractivity contribution in [1.82, 2.24) is 10.2 Å². The van der Waals surface area contributed by atoms with E-state index >= 15 is 0 Å². The van der Waals surface area contributed by atoms with E-state index in [1.165, 1.54) is 0 Å². The van der Waals surface area contributed by atoms with Gasteiger partial charge in [-0.15, -0.1) is 0 Å². The van der Waals surface area contributed by atoms with Gasteiger partial charge in [-0.2, -0.15) is 0 Å². The minimum Gasteiger partial charge on any atom is -0.480 e. The lowest BCUT2D eigenvalue weighted by molar-refractivity contribution is -0.154. The monoisotopic (exact) mass is 254 g/mol. The lowest BCUT2D eigenvalue weighted by Gasteiger charge is -2.36. The Morgan fingerprint density at radius 3 is 2.67 bits per heavy atom. The molecule has 0 radical (unpaired) electrons. The number of carboxylic acid groups (broad SMARTS) is 1. The number of nitrogens with zero attached hydrogens (tertiary/aromatic N) is 1. The standard InChI is InChI=1S/C13H22N2O3/c1-9(2)13(5-6-14-8-13)12(18)15-7-3-4-10(15)11(16)17/h9-10,14H,3-8H2,1-2H3,(H,16,17)/t10-,13?/m1/s1. The Hall–Kier alpha value is -1.10. The van der Waals surface area contributed by atoms with Crippen LogP contribution in [0.3, 0.4) is 0 Å². The number of amides is 1. The molecule has 1 amide bonds. The predicted molar refractivity (Wildman–Crippen MR) is 67.1 cm³/mol. The number of likely N-dealkylation sites (tertiary alicyclic amines) is 1. The summed E-state index contributed by atoms with van der Waals surface area (Å²) in [6.45, 7) is 6.21. The summed E-state index contributed by atoms with van der Waals surface area (Å²) in [4.78, 5) is 25.5. The Morgan fingerprint density at radius 1 is 1.44 bits per heavy atom. The lowest BCUT2D eigenvalue weighted by atomic mass is 9.75. The zero-order valence-electron chi connectivity index (χ0n) is 11.1. The van der Waals surface area contributed by atoms with Crippen LogP contribution in [0.4, 0.5) is 0 Å². The normalized spacial score (nSPS) is 32.2. The molecule has 1 unspecified atom stereocenters. The maximum absolute atomic E-state index is 12.7. The molecule has 102 valence electrons. The molecule has 2 atom stereocenters. The van der Waals surface area contributed by atoms with E-state index in [1.54, 1.807) is 4.90 Å². The third-order valence-electron chi connectivity index (χ3n) is 4.52. The van der Waals surface area contributed by atoms with Crippen LogP contribution in [0.15, 0.2) is 0 Å². The van der Waals surface area contributed by atoms with Gasteiger partial charge in [-0.05, 0) is 31.7 Å². The van der Waals surface area contributed by atoms with Gasteiger partial charge < -0.3 is 15.3 Å². The first-order chi connectivity index (χ1) is 8.49. The average molecular weight is 254 g/mol. The minimum atomic E-state index is -0.870. The van der Waals surface area contributed by atoms with Crippen LogP contribution >= 0.6 is 0 Å². The van der Waals surface area contributed by atoms with Gasteiger partial charge in [-0.1, -0.05) is 13.8 Å². The number of aliphatic carboxylic acids is 1. The third-order valence-corrected chi connectivity index (χ3v) is 4.52. The Balaban J connectivity index is 2.21. The molecule has 5 nitrogen and oxygen atoms in total. The highest BCUT2D eigenvalue weighted by Crippen LogP contribution is 2.38. The molecule has 2 saturated heterocycles. The summed E-state index contributed by atoms with van der Waals surface area (Å²) in [5, 5.41) is 12.4. The van der Waals surface area contributed by atoms with Crippen molar-refractivity contribution in [2.45, 2.75) is 39.2 Å². The molecular formula is C13H22N2O3. The molecule has 5 heteroatoms. The summed E-state index contributed by atoms with van der Waals surface area (Å²) in [6, 6.07) is -0.617. The fourth-order valence-electron chi connectivity index (χ4n) is 3.19. The SMILES string of the molecule is CC(C)C1(C(=O)N2CCC[C@@H]2C(=O)O)CCNC1. The molecule has 2 heterocycles. The van der Waals surface area contributed by atoms with Crippen LogP contribution in [-0.2, 0) is 9.59 Å². The van der Waals surface area contributed by atoms with E-state index in [2.05, 4.69) is 19.2 Å². The number of nitrogens with one attached hydrogen (secondary N) is 1. The molecule has 0 bridgehead atoms. The van der Waals surface area contributed by atoms with Crippen molar-refractivity contribution < 1.29 is 14.7 Å². The highest BCUT2D eigenvalue weighted by Gasteiger charge is 2.49.